The summed E-state index contributed by atoms with van der Waals surface area (Å²) in [5.74, 6) is -0.951. The fourth-order valence-electron chi connectivity index (χ4n) is 7.41. The van der Waals surface area contributed by atoms with E-state index in [-0.39, 0.29) is 37.4 Å². The Morgan fingerprint density at radius 1 is 0.603 bits per heavy atom. The Labute approximate surface area is 381 Å². The predicted octanol–water partition coefficient (Wildman–Crippen LogP) is 6.47. The summed E-state index contributed by atoms with van der Waals surface area (Å²) >= 11 is 5.25. The molecule has 0 saturated carbocycles. The number of ether oxygens (including phenoxy) is 3. The van der Waals surface area contributed by atoms with Crippen molar-refractivity contribution < 1.29 is 44.2 Å². The van der Waals surface area contributed by atoms with Crippen LogP contribution in [0.3, 0.4) is 0 Å². The zero-order chi connectivity index (χ0) is 44.2. The topological polar surface area (TPSA) is 161 Å². The smallest absolute Gasteiger partial charge is 0.329 e. The molecule has 3 saturated heterocycles. The van der Waals surface area contributed by atoms with Gasteiger partial charge in [-0.05, 0) is 130 Å². The first kappa shape index (κ1) is 48.6. The molecule has 3 aliphatic rings. The van der Waals surface area contributed by atoms with Gasteiger partial charge in [0.2, 0.25) is 5.91 Å². The molecule has 3 atom stereocenters. The van der Waals surface area contributed by atoms with Gasteiger partial charge in [-0.3, -0.25) is 9.69 Å². The lowest BCUT2D eigenvalue weighted by atomic mass is 10.1. The number of rotatable bonds is 16. The number of aliphatic hydroxyl groups excluding tert-OH is 3. The first-order chi connectivity index (χ1) is 30.7. The maximum atomic E-state index is 11.8. The van der Waals surface area contributed by atoms with E-state index in [9.17, 15) is 19.8 Å². The Balaban J connectivity index is 0.000000148. The molecule has 12 nitrogen and oxygen atoms in total. The van der Waals surface area contributed by atoms with Crippen LogP contribution in [0.25, 0.3) is 30.3 Å². The van der Waals surface area contributed by atoms with Crippen molar-refractivity contribution in [2.45, 2.75) is 56.8 Å². The number of aliphatic hydroxyl groups is 3. The van der Waals surface area contributed by atoms with E-state index in [1.165, 1.54) is 46.9 Å². The number of likely N-dealkylation sites (tertiary alicyclic amines) is 2. The highest BCUT2D eigenvalue weighted by Gasteiger charge is 2.24. The minimum Gasteiger partial charge on any atom is -0.480 e. The van der Waals surface area contributed by atoms with E-state index in [2.05, 4.69) is 99.2 Å². The largest absolute Gasteiger partial charge is 0.480 e. The van der Waals surface area contributed by atoms with Crippen molar-refractivity contribution in [3.8, 4) is 0 Å². The van der Waals surface area contributed by atoms with Gasteiger partial charge >= 0.3 is 5.97 Å². The van der Waals surface area contributed by atoms with Crippen molar-refractivity contribution in [1.29, 1.82) is 0 Å². The predicted molar refractivity (Wildman–Crippen MR) is 254 cm³/mol. The van der Waals surface area contributed by atoms with Crippen LogP contribution in [0.1, 0.15) is 36.0 Å². The van der Waals surface area contributed by atoms with Gasteiger partial charge in [0.25, 0.3) is 0 Å². The van der Waals surface area contributed by atoms with Crippen LogP contribution in [0.4, 0.5) is 0 Å². The molecule has 9 rings (SSSR count). The number of β-amino-alcohol motifs (C(OH)–C–C–N with tert-alkyl or cyclic N) is 3. The van der Waals surface area contributed by atoms with Gasteiger partial charge in [-0.1, -0.05) is 36.4 Å². The van der Waals surface area contributed by atoms with Gasteiger partial charge < -0.3 is 44.9 Å². The lowest BCUT2D eigenvalue weighted by Crippen LogP contribution is -2.32. The lowest BCUT2D eigenvalue weighted by molar-refractivity contribution is -0.142. The van der Waals surface area contributed by atoms with Gasteiger partial charge in [0.15, 0.2) is 0 Å². The molecular weight excluding hydrogens is 859 g/mol. The number of carbonyl (C=O) groups is 2. The molecular formula is C48H61N3O9S3. The van der Waals surface area contributed by atoms with Crippen LogP contribution in [-0.4, -0.2) is 146 Å². The Morgan fingerprint density at radius 2 is 1.11 bits per heavy atom. The first-order valence-corrected chi connectivity index (χ1v) is 24.4. The Morgan fingerprint density at radius 3 is 1.54 bits per heavy atom. The van der Waals surface area contributed by atoms with Gasteiger partial charge in [0.05, 0.1) is 44.7 Å². The number of aliphatic carboxylic acids is 1. The molecule has 0 bridgehead atoms. The third kappa shape index (κ3) is 16.9. The van der Waals surface area contributed by atoms with Crippen LogP contribution in [-0.2, 0) is 43.1 Å². The van der Waals surface area contributed by atoms with E-state index in [4.69, 9.17) is 24.4 Å². The number of nitrogens with zero attached hydrogens (tertiary/aromatic N) is 2. The molecule has 3 aromatic heterocycles. The summed E-state index contributed by atoms with van der Waals surface area (Å²) in [5, 5.41) is 49.1. The molecule has 6 aromatic rings. The summed E-state index contributed by atoms with van der Waals surface area (Å²) < 4.78 is 20.1. The van der Waals surface area contributed by atoms with E-state index in [0.29, 0.717) is 32.7 Å². The molecule has 340 valence electrons. The minimum atomic E-state index is -0.923. The Kier molecular flexibility index (Phi) is 20.2. The van der Waals surface area contributed by atoms with Crippen molar-refractivity contribution in [2.24, 2.45) is 0 Å². The molecule has 6 heterocycles. The minimum absolute atomic E-state index is 0.0279. The summed E-state index contributed by atoms with van der Waals surface area (Å²) in [5.41, 5.74) is 3.74. The number of hydrogen-bond donors (Lipinski definition) is 5. The summed E-state index contributed by atoms with van der Waals surface area (Å²) in [4.78, 5) is 26.0. The van der Waals surface area contributed by atoms with E-state index >= 15 is 0 Å². The van der Waals surface area contributed by atoms with Crippen LogP contribution < -0.4 is 5.32 Å². The standard InChI is InChI=1S/C16H19NO3S.C16H21NO2S.C12H12O3S.C4H9NO/c18-14-3-6-17(10-14)16(19)11-20-7-4-12-1-2-15-13(9-12)5-8-21-15;18-15-3-6-17(12-15)7-9-19-8-4-13-1-2-16-14(11-13)5-10-20-16;13-12(14)8-15-5-3-9-1-2-11-10(7-9)4-6-16-11;6-4-1-2-5-3-4/h1-2,5,8-9,14,18H,3-4,6-7,10-11H2;1-2,5,10-11,15,18H,3-4,6-9,12H2;1-2,4,6-7H,3,5,8H2,(H,13,14);4-6H,1-3H2. The number of thiophene rings is 3. The number of fused-ring (bicyclic) bond motifs is 3. The van der Waals surface area contributed by atoms with Crippen LogP contribution in [0.5, 0.6) is 0 Å². The lowest BCUT2D eigenvalue weighted by Gasteiger charge is -2.15. The maximum absolute atomic E-state index is 11.8. The number of benzene rings is 3. The van der Waals surface area contributed by atoms with Gasteiger partial charge in [-0.15, -0.1) is 34.0 Å². The normalized spacial score (nSPS) is 18.5. The average molecular weight is 920 g/mol. The molecule has 5 N–H and O–H groups in total. The second kappa shape index (κ2) is 26.2. The zero-order valence-electron chi connectivity index (χ0n) is 35.8. The monoisotopic (exact) mass is 919 g/mol. The Bertz CT molecular complexity index is 2270. The second-order valence-corrected chi connectivity index (χ2v) is 18.8. The summed E-state index contributed by atoms with van der Waals surface area (Å²) in [6.45, 7) is 7.99. The molecule has 3 fully saturated rings. The molecule has 3 unspecified atom stereocenters. The van der Waals surface area contributed by atoms with Gasteiger partial charge in [-0.25, -0.2) is 4.79 Å². The molecule has 63 heavy (non-hydrogen) atoms. The zero-order valence-corrected chi connectivity index (χ0v) is 38.2. The van der Waals surface area contributed by atoms with Gasteiger partial charge in [0.1, 0.15) is 13.2 Å². The van der Waals surface area contributed by atoms with Crippen molar-refractivity contribution in [3.05, 3.63) is 106 Å². The second-order valence-electron chi connectivity index (χ2n) is 15.9. The van der Waals surface area contributed by atoms with Crippen LogP contribution >= 0.6 is 34.0 Å². The number of carboxylic acid groups (broad SMARTS) is 1. The van der Waals surface area contributed by atoms with E-state index in [1.54, 1.807) is 38.9 Å². The summed E-state index contributed by atoms with van der Waals surface area (Å²) in [6.07, 6.45) is 4.46. The summed E-state index contributed by atoms with van der Waals surface area (Å²) in [7, 11) is 0. The van der Waals surface area contributed by atoms with Gasteiger partial charge in [-0.2, -0.15) is 0 Å². The first-order valence-electron chi connectivity index (χ1n) is 21.8. The van der Waals surface area contributed by atoms with Gasteiger partial charge in [0, 0.05) is 53.4 Å². The van der Waals surface area contributed by atoms with E-state index < -0.39 is 5.97 Å². The van der Waals surface area contributed by atoms with Crippen LogP contribution in [0.15, 0.2) is 88.9 Å². The molecule has 15 heteroatoms. The van der Waals surface area contributed by atoms with Crippen molar-refractivity contribution >= 4 is 76.1 Å². The third-order valence-corrected chi connectivity index (χ3v) is 13.7. The number of carboxylic acids is 1. The number of carbonyl (C=O) groups excluding carboxylic acids is 1. The highest BCUT2D eigenvalue weighted by molar-refractivity contribution is 7.17. The highest BCUT2D eigenvalue weighted by atomic mass is 32.1. The van der Waals surface area contributed by atoms with Crippen molar-refractivity contribution in [3.63, 3.8) is 0 Å². The maximum Gasteiger partial charge on any atom is 0.329 e. The number of amides is 1. The van der Waals surface area contributed by atoms with E-state index in [1.807, 2.05) is 0 Å². The fraction of sp³-hybridized carbons (Fsp3) is 0.458. The Hall–Kier alpha value is -3.84. The molecule has 0 spiro atoms. The fourth-order valence-corrected chi connectivity index (χ4v) is 9.73. The van der Waals surface area contributed by atoms with Crippen LogP contribution in [0.2, 0.25) is 0 Å². The molecule has 0 radical (unpaired) electrons. The average Bonchev–Trinajstić information content (AvgIpc) is 4.15. The number of hydrogen-bond acceptors (Lipinski definition) is 13. The molecule has 3 aliphatic heterocycles. The molecule has 1 amide bonds. The van der Waals surface area contributed by atoms with Crippen molar-refractivity contribution in [2.75, 3.05) is 85.5 Å². The summed E-state index contributed by atoms with van der Waals surface area (Å²) in [6, 6.07) is 25.7. The van der Waals surface area contributed by atoms with E-state index in [0.717, 1.165) is 78.0 Å². The van der Waals surface area contributed by atoms with Crippen LogP contribution in [0, 0.1) is 0 Å². The van der Waals surface area contributed by atoms with Crippen molar-refractivity contribution in [1.82, 2.24) is 15.1 Å². The quantitative estimate of drug-likeness (QED) is 0.0678. The molecule has 0 aliphatic carbocycles. The third-order valence-electron chi connectivity index (χ3n) is 11.0. The molecule has 3 aromatic carbocycles. The SMILES string of the molecule is O=C(COCCc1ccc2sccc2c1)N1CCC(O)C1.O=C(O)COCCc1ccc2sccc2c1.OC1CCN(CCOCCc2ccc3sccc3c2)C1.OC1CCNC1. The number of nitrogens with one attached hydrogen (secondary N) is 1. The highest BCUT2D eigenvalue weighted by Crippen LogP contribution is 2.24.